The highest BCUT2D eigenvalue weighted by Gasteiger charge is 2.25. The molecule has 0 radical (unpaired) electrons. The molecule has 4 heterocycles. The molecule has 0 bridgehead atoms. The summed E-state index contributed by atoms with van der Waals surface area (Å²) < 4.78 is 12.5. The minimum atomic E-state index is -0.0296. The topological polar surface area (TPSA) is 94.2 Å². The molecule has 3 aromatic heterocycles. The third-order valence-corrected chi connectivity index (χ3v) is 6.56. The molecular weight excluding hydrogens is 426 g/mol. The van der Waals surface area contributed by atoms with Crippen molar-refractivity contribution in [1.82, 2.24) is 25.0 Å². The lowest BCUT2D eigenvalue weighted by Gasteiger charge is -2.32. The molecular formula is C23H23N5O3S. The first-order chi connectivity index (χ1) is 15.7. The van der Waals surface area contributed by atoms with Gasteiger partial charge in [-0.05, 0) is 37.1 Å². The Bertz CT molecular complexity index is 1160. The molecule has 1 amide bonds. The van der Waals surface area contributed by atoms with E-state index in [0.717, 1.165) is 40.2 Å². The molecule has 0 aliphatic carbocycles. The molecule has 0 spiro atoms. The number of amides is 1. The van der Waals surface area contributed by atoms with E-state index in [4.69, 9.17) is 9.26 Å². The maximum absolute atomic E-state index is 12.8. The number of thiazole rings is 1. The van der Waals surface area contributed by atoms with E-state index in [1.807, 2.05) is 35.2 Å². The van der Waals surface area contributed by atoms with Crippen molar-refractivity contribution in [2.24, 2.45) is 0 Å². The van der Waals surface area contributed by atoms with Crippen LogP contribution in [0.1, 0.15) is 30.1 Å². The lowest BCUT2D eigenvalue weighted by atomic mass is 10.1. The predicted octanol–water partition coefficient (Wildman–Crippen LogP) is 3.88. The van der Waals surface area contributed by atoms with Gasteiger partial charge in [-0.1, -0.05) is 17.3 Å². The number of rotatable bonds is 7. The first kappa shape index (κ1) is 20.7. The summed E-state index contributed by atoms with van der Waals surface area (Å²) >= 11 is 1.66. The van der Waals surface area contributed by atoms with Crippen LogP contribution in [0.25, 0.3) is 21.7 Å². The zero-order valence-electron chi connectivity index (χ0n) is 17.5. The molecule has 1 unspecified atom stereocenters. The van der Waals surface area contributed by atoms with E-state index in [2.05, 4.69) is 26.2 Å². The average molecular weight is 450 g/mol. The molecule has 1 atom stereocenters. The molecule has 164 valence electrons. The van der Waals surface area contributed by atoms with Crippen molar-refractivity contribution >= 4 is 27.5 Å². The van der Waals surface area contributed by atoms with Crippen LogP contribution in [0.4, 0.5) is 0 Å². The Morgan fingerprint density at radius 3 is 2.94 bits per heavy atom. The molecule has 0 N–H and O–H groups in total. The van der Waals surface area contributed by atoms with Gasteiger partial charge < -0.3 is 14.2 Å². The lowest BCUT2D eigenvalue weighted by Crippen LogP contribution is -2.43. The van der Waals surface area contributed by atoms with E-state index in [0.29, 0.717) is 31.1 Å². The van der Waals surface area contributed by atoms with Crippen LogP contribution >= 0.6 is 11.3 Å². The zero-order valence-corrected chi connectivity index (χ0v) is 18.3. The van der Waals surface area contributed by atoms with Gasteiger partial charge in [0, 0.05) is 43.9 Å². The first-order valence-corrected chi connectivity index (χ1v) is 11.5. The van der Waals surface area contributed by atoms with E-state index in [-0.39, 0.29) is 18.6 Å². The van der Waals surface area contributed by atoms with E-state index in [1.54, 1.807) is 23.7 Å². The molecule has 1 aromatic carbocycles. The lowest BCUT2D eigenvalue weighted by molar-refractivity contribution is -0.135. The van der Waals surface area contributed by atoms with Gasteiger partial charge in [-0.3, -0.25) is 9.78 Å². The summed E-state index contributed by atoms with van der Waals surface area (Å²) in [6.07, 6.45) is 6.30. The Balaban J connectivity index is 1.11. The number of benzene rings is 1. The Hall–Kier alpha value is -3.17. The van der Waals surface area contributed by atoms with Crippen molar-refractivity contribution in [2.45, 2.75) is 38.4 Å². The van der Waals surface area contributed by atoms with Crippen LogP contribution in [0, 0.1) is 0 Å². The number of hydrogen-bond acceptors (Lipinski definition) is 8. The summed E-state index contributed by atoms with van der Waals surface area (Å²) in [5.41, 5.74) is 1.82. The number of nitrogens with zero attached hydrogens (tertiary/aromatic N) is 5. The van der Waals surface area contributed by atoms with E-state index >= 15 is 0 Å². The molecule has 4 aromatic rings. The van der Waals surface area contributed by atoms with Crippen LogP contribution in [0.15, 0.2) is 53.3 Å². The smallest absolute Gasteiger partial charge is 0.258 e. The number of aromatic nitrogens is 4. The maximum atomic E-state index is 12.8. The maximum Gasteiger partial charge on any atom is 0.258 e. The Morgan fingerprint density at radius 1 is 1.19 bits per heavy atom. The van der Waals surface area contributed by atoms with Gasteiger partial charge in [0.25, 0.3) is 5.89 Å². The predicted molar refractivity (Wildman–Crippen MR) is 120 cm³/mol. The largest absolute Gasteiger partial charge is 0.368 e. The highest BCUT2D eigenvalue weighted by molar-refractivity contribution is 7.18. The molecule has 8 nitrogen and oxygen atoms in total. The summed E-state index contributed by atoms with van der Waals surface area (Å²) in [5, 5.41) is 5.00. The highest BCUT2D eigenvalue weighted by atomic mass is 32.1. The zero-order chi connectivity index (χ0) is 21.8. The van der Waals surface area contributed by atoms with Crippen LogP contribution in [-0.2, 0) is 22.6 Å². The second-order valence-corrected chi connectivity index (χ2v) is 8.86. The summed E-state index contributed by atoms with van der Waals surface area (Å²) in [7, 11) is 0. The van der Waals surface area contributed by atoms with Crippen molar-refractivity contribution in [3.05, 3.63) is 59.6 Å². The van der Waals surface area contributed by atoms with Crippen LogP contribution < -0.4 is 0 Å². The number of carbonyl (C=O) groups excluding carboxylic acids is 1. The van der Waals surface area contributed by atoms with Gasteiger partial charge in [0.2, 0.25) is 5.91 Å². The normalized spacial score (nSPS) is 16.5. The summed E-state index contributed by atoms with van der Waals surface area (Å²) in [6.45, 7) is 1.62. The van der Waals surface area contributed by atoms with Crippen molar-refractivity contribution in [1.29, 1.82) is 0 Å². The summed E-state index contributed by atoms with van der Waals surface area (Å²) in [4.78, 5) is 27.7. The number of aryl methyl sites for hydroxylation is 1. The standard InChI is InChI=1S/C23H23N5O3S/c29-22(8-7-21-25-18-5-1-2-6-19(18)32-21)28-13-3-4-17(14-28)30-15-20-26-23(31-27-20)16-9-11-24-12-10-16/h1-2,5-6,9-12,17H,3-4,7-8,13-15H2. The average Bonchev–Trinajstić information content (AvgIpc) is 3.49. The van der Waals surface area contributed by atoms with Crippen molar-refractivity contribution in [3.63, 3.8) is 0 Å². The second-order valence-electron chi connectivity index (χ2n) is 7.74. The molecule has 5 rings (SSSR count). The molecule has 1 aliphatic rings. The fourth-order valence-corrected chi connectivity index (χ4v) is 4.78. The van der Waals surface area contributed by atoms with Gasteiger partial charge >= 0.3 is 0 Å². The van der Waals surface area contributed by atoms with Crippen LogP contribution in [0.3, 0.4) is 0 Å². The van der Waals surface area contributed by atoms with Gasteiger partial charge in [0.05, 0.1) is 21.3 Å². The van der Waals surface area contributed by atoms with Crippen molar-refractivity contribution < 1.29 is 14.1 Å². The Labute approximate surface area is 189 Å². The van der Waals surface area contributed by atoms with E-state index in [1.165, 1.54) is 0 Å². The van der Waals surface area contributed by atoms with Crippen LogP contribution in [0.2, 0.25) is 0 Å². The molecule has 1 aliphatic heterocycles. The number of hydrogen-bond donors (Lipinski definition) is 0. The number of carbonyl (C=O) groups is 1. The minimum Gasteiger partial charge on any atom is -0.368 e. The molecule has 1 saturated heterocycles. The van der Waals surface area contributed by atoms with E-state index < -0.39 is 0 Å². The number of fused-ring (bicyclic) bond motifs is 1. The Kier molecular flexibility index (Phi) is 6.17. The van der Waals surface area contributed by atoms with Gasteiger partial charge in [0.1, 0.15) is 6.61 Å². The monoisotopic (exact) mass is 449 g/mol. The second kappa shape index (κ2) is 9.54. The van der Waals surface area contributed by atoms with Gasteiger partial charge in [-0.2, -0.15) is 4.98 Å². The quantitative estimate of drug-likeness (QED) is 0.422. The van der Waals surface area contributed by atoms with Gasteiger partial charge in [-0.15, -0.1) is 11.3 Å². The summed E-state index contributed by atoms with van der Waals surface area (Å²) in [6, 6.07) is 11.7. The SMILES string of the molecule is O=C(CCc1nc2ccccc2s1)N1CCCC(OCc2noc(-c3ccncc3)n2)C1. The molecule has 32 heavy (non-hydrogen) atoms. The fourth-order valence-electron chi connectivity index (χ4n) is 3.82. The van der Waals surface area contributed by atoms with Gasteiger partial charge in [-0.25, -0.2) is 4.98 Å². The van der Waals surface area contributed by atoms with Crippen LogP contribution in [-0.4, -0.2) is 50.1 Å². The molecule has 9 heteroatoms. The highest BCUT2D eigenvalue weighted by Crippen LogP contribution is 2.23. The number of likely N-dealkylation sites (tertiary alicyclic amines) is 1. The number of ether oxygens (including phenoxy) is 1. The number of piperidine rings is 1. The molecule has 1 fully saturated rings. The van der Waals surface area contributed by atoms with Crippen molar-refractivity contribution in [3.8, 4) is 11.5 Å². The minimum absolute atomic E-state index is 0.0296. The molecule has 0 saturated carbocycles. The fraction of sp³-hybridized carbons (Fsp3) is 0.348. The van der Waals surface area contributed by atoms with Crippen molar-refractivity contribution in [2.75, 3.05) is 13.1 Å². The van der Waals surface area contributed by atoms with Gasteiger partial charge in [0.15, 0.2) is 5.82 Å². The Morgan fingerprint density at radius 2 is 2.06 bits per heavy atom. The van der Waals surface area contributed by atoms with E-state index in [9.17, 15) is 4.79 Å². The first-order valence-electron chi connectivity index (χ1n) is 10.7. The third-order valence-electron chi connectivity index (χ3n) is 5.47. The summed E-state index contributed by atoms with van der Waals surface area (Å²) in [5.74, 6) is 1.09. The number of pyridine rings is 1. The number of para-hydroxylation sites is 1. The third kappa shape index (κ3) is 4.84. The van der Waals surface area contributed by atoms with Crippen LogP contribution in [0.5, 0.6) is 0 Å².